The zero-order valence-electron chi connectivity index (χ0n) is 18.1. The Kier molecular flexibility index (Phi) is 6.49. The van der Waals surface area contributed by atoms with Gasteiger partial charge in [0.25, 0.3) is 0 Å². The highest BCUT2D eigenvalue weighted by Gasteiger charge is 2.52. The predicted molar refractivity (Wildman–Crippen MR) is 131 cm³/mol. The van der Waals surface area contributed by atoms with Crippen LogP contribution in [0.15, 0.2) is 28.6 Å². The molecule has 8 heteroatoms. The number of nitrogens with zero attached hydrogens (tertiary/aromatic N) is 2. The van der Waals surface area contributed by atoms with E-state index in [0.29, 0.717) is 17.9 Å². The molecule has 0 saturated heterocycles. The number of aromatic nitrogens is 1. The molecule has 168 valence electrons. The number of rotatable bonds is 6. The summed E-state index contributed by atoms with van der Waals surface area (Å²) in [4.78, 5) is 9.46. The lowest BCUT2D eigenvalue weighted by molar-refractivity contribution is -0.00688. The largest absolute Gasteiger partial charge is 0.496 e. The maximum Gasteiger partial charge on any atom is 0.195 e. The van der Waals surface area contributed by atoms with Crippen molar-refractivity contribution in [2.75, 3.05) is 19.5 Å². The van der Waals surface area contributed by atoms with E-state index < -0.39 is 0 Å². The lowest BCUT2D eigenvalue weighted by atomic mass is 9.49. The fraction of sp³-hybridized carbons (Fsp3) is 0.565. The molecule has 31 heavy (non-hydrogen) atoms. The number of thiazole rings is 1. The molecule has 6 nitrogen and oxygen atoms in total. The number of methoxy groups -OCH3 is 2. The molecule has 4 bridgehead atoms. The minimum absolute atomic E-state index is 0. The average molecular weight is 507 g/mol. The second-order valence-electron chi connectivity index (χ2n) is 9.20. The first-order valence-electron chi connectivity index (χ1n) is 10.8. The molecule has 4 fully saturated rings. The van der Waals surface area contributed by atoms with Crippen LogP contribution in [0.5, 0.6) is 11.5 Å². The zero-order chi connectivity index (χ0) is 20.7. The summed E-state index contributed by atoms with van der Waals surface area (Å²) < 4.78 is 10.9. The molecular weight excluding hydrogens is 476 g/mol. The first-order chi connectivity index (χ1) is 14.6. The van der Waals surface area contributed by atoms with Crippen LogP contribution in [-0.4, -0.2) is 25.2 Å². The van der Waals surface area contributed by atoms with Gasteiger partial charge in [-0.1, -0.05) is 6.07 Å². The van der Waals surface area contributed by atoms with E-state index in [4.69, 9.17) is 20.2 Å². The summed E-state index contributed by atoms with van der Waals surface area (Å²) in [6.45, 7) is 0.374. The van der Waals surface area contributed by atoms with Crippen LogP contribution in [-0.2, 0) is 12.0 Å². The van der Waals surface area contributed by atoms with Crippen molar-refractivity contribution in [3.05, 3.63) is 34.8 Å². The molecular formula is C23H31BrN4O2S. The fourth-order valence-corrected chi connectivity index (χ4v) is 7.24. The van der Waals surface area contributed by atoms with Crippen molar-refractivity contribution in [1.29, 1.82) is 0 Å². The maximum atomic E-state index is 6.18. The molecule has 4 saturated carbocycles. The highest BCUT2D eigenvalue weighted by atomic mass is 79.9. The Morgan fingerprint density at radius 2 is 1.71 bits per heavy atom. The third-order valence-electron chi connectivity index (χ3n) is 7.26. The fourth-order valence-electron chi connectivity index (χ4n) is 6.40. The number of nitrogens with two attached hydrogens (primary N) is 1. The van der Waals surface area contributed by atoms with Crippen molar-refractivity contribution in [1.82, 2.24) is 4.98 Å². The van der Waals surface area contributed by atoms with Crippen molar-refractivity contribution >= 4 is 39.4 Å². The second kappa shape index (κ2) is 8.98. The minimum atomic E-state index is 0. The Morgan fingerprint density at radius 1 is 1.13 bits per heavy atom. The number of benzene rings is 1. The van der Waals surface area contributed by atoms with Gasteiger partial charge in [0.2, 0.25) is 0 Å². The third-order valence-corrected chi connectivity index (χ3v) is 8.02. The summed E-state index contributed by atoms with van der Waals surface area (Å²) in [5.41, 5.74) is 8.63. The van der Waals surface area contributed by atoms with E-state index in [-0.39, 0.29) is 17.0 Å². The molecule has 4 aliphatic rings. The molecule has 0 unspecified atom stereocenters. The lowest BCUT2D eigenvalue weighted by Gasteiger charge is -2.56. The molecule has 0 spiro atoms. The van der Waals surface area contributed by atoms with E-state index >= 15 is 0 Å². The normalized spacial score (nSPS) is 28.8. The van der Waals surface area contributed by atoms with Crippen LogP contribution >= 0.6 is 28.3 Å². The molecule has 0 radical (unpaired) electrons. The topological polar surface area (TPSA) is 81.8 Å². The van der Waals surface area contributed by atoms with Crippen LogP contribution in [0.1, 0.15) is 49.8 Å². The highest BCUT2D eigenvalue weighted by molar-refractivity contribution is 8.93. The van der Waals surface area contributed by atoms with Gasteiger partial charge in [0.05, 0.1) is 32.0 Å². The van der Waals surface area contributed by atoms with Crippen LogP contribution in [0.3, 0.4) is 0 Å². The van der Waals surface area contributed by atoms with E-state index in [0.717, 1.165) is 39.9 Å². The number of ether oxygens (including phenoxy) is 2. The Bertz CT molecular complexity index is 903. The third kappa shape index (κ3) is 4.29. The van der Waals surface area contributed by atoms with Gasteiger partial charge in [-0.25, -0.2) is 9.98 Å². The molecule has 1 heterocycles. The lowest BCUT2D eigenvalue weighted by Crippen LogP contribution is -2.48. The first kappa shape index (κ1) is 22.4. The van der Waals surface area contributed by atoms with Crippen LogP contribution in [0.2, 0.25) is 0 Å². The van der Waals surface area contributed by atoms with Crippen molar-refractivity contribution < 1.29 is 9.47 Å². The quantitative estimate of drug-likeness (QED) is 0.419. The van der Waals surface area contributed by atoms with Gasteiger partial charge >= 0.3 is 0 Å². The van der Waals surface area contributed by atoms with Crippen molar-refractivity contribution in [2.24, 2.45) is 28.5 Å². The SMILES string of the molecule is Br.COc1cccc(OC)c1CN=C(N)Nc1nc(C23CC4CC(CC(C4)C2)C3)cs1. The smallest absolute Gasteiger partial charge is 0.195 e. The Balaban J connectivity index is 0.00000231. The van der Waals surface area contributed by atoms with Gasteiger partial charge in [-0.3, -0.25) is 0 Å². The number of anilines is 1. The van der Waals surface area contributed by atoms with Crippen molar-refractivity contribution in [2.45, 2.75) is 50.5 Å². The Labute approximate surface area is 198 Å². The molecule has 1 aromatic heterocycles. The number of halogens is 1. The molecule has 1 aromatic carbocycles. The van der Waals surface area contributed by atoms with E-state index in [1.807, 2.05) is 18.2 Å². The summed E-state index contributed by atoms with van der Waals surface area (Å²) in [5, 5.41) is 6.26. The van der Waals surface area contributed by atoms with Gasteiger partial charge in [0.15, 0.2) is 11.1 Å². The van der Waals surface area contributed by atoms with Crippen LogP contribution in [0.25, 0.3) is 0 Å². The molecule has 4 aliphatic carbocycles. The van der Waals surface area contributed by atoms with E-state index in [2.05, 4.69) is 15.7 Å². The molecule has 3 N–H and O–H groups in total. The highest BCUT2D eigenvalue weighted by Crippen LogP contribution is 2.60. The van der Waals surface area contributed by atoms with Gasteiger partial charge < -0.3 is 20.5 Å². The predicted octanol–water partition coefficient (Wildman–Crippen LogP) is 5.13. The van der Waals surface area contributed by atoms with Gasteiger partial charge in [0, 0.05) is 10.8 Å². The summed E-state index contributed by atoms with van der Waals surface area (Å²) in [6.07, 6.45) is 8.29. The molecule has 0 aliphatic heterocycles. The summed E-state index contributed by atoms with van der Waals surface area (Å²) in [5.74, 6) is 4.58. The Hall–Kier alpha value is -1.80. The minimum Gasteiger partial charge on any atom is -0.496 e. The van der Waals surface area contributed by atoms with Crippen molar-refractivity contribution in [3.8, 4) is 11.5 Å². The number of hydrogen-bond acceptors (Lipinski definition) is 5. The van der Waals surface area contributed by atoms with Gasteiger partial charge in [0.1, 0.15) is 11.5 Å². The molecule has 6 rings (SSSR count). The van der Waals surface area contributed by atoms with E-state index in [1.54, 1.807) is 25.6 Å². The number of hydrogen-bond donors (Lipinski definition) is 2. The summed E-state index contributed by atoms with van der Waals surface area (Å²) in [7, 11) is 3.29. The summed E-state index contributed by atoms with van der Waals surface area (Å²) in [6, 6.07) is 5.69. The zero-order valence-corrected chi connectivity index (χ0v) is 20.6. The van der Waals surface area contributed by atoms with Crippen LogP contribution in [0, 0.1) is 17.8 Å². The first-order valence-corrected chi connectivity index (χ1v) is 11.7. The van der Waals surface area contributed by atoms with E-state index in [9.17, 15) is 0 Å². The molecule has 0 amide bonds. The number of guanidine groups is 1. The van der Waals surface area contributed by atoms with E-state index in [1.165, 1.54) is 44.2 Å². The van der Waals surface area contributed by atoms with Crippen LogP contribution in [0.4, 0.5) is 5.13 Å². The molecule has 2 aromatic rings. The molecule has 0 atom stereocenters. The van der Waals surface area contributed by atoms with Crippen molar-refractivity contribution in [3.63, 3.8) is 0 Å². The Morgan fingerprint density at radius 3 is 2.26 bits per heavy atom. The number of aliphatic imine (C=N–C) groups is 1. The average Bonchev–Trinajstić information content (AvgIpc) is 3.20. The van der Waals surface area contributed by atoms with Gasteiger partial charge in [-0.05, 0) is 68.4 Å². The standard InChI is InChI=1S/C23H30N4O2S.BrH/c1-28-18-4-3-5-19(29-2)17(18)12-25-21(24)27-22-26-20(13-30-22)23-9-14-6-15(10-23)8-16(7-14)11-23;/h3-5,13-16H,6-12H2,1-2H3,(H3,24,25,26,27);1H. The maximum absolute atomic E-state index is 6.18. The van der Waals surface area contributed by atoms with Gasteiger partial charge in [-0.2, -0.15) is 0 Å². The van der Waals surface area contributed by atoms with Crippen LogP contribution < -0.4 is 20.5 Å². The van der Waals surface area contributed by atoms with Gasteiger partial charge in [-0.15, -0.1) is 28.3 Å². The monoisotopic (exact) mass is 506 g/mol. The number of nitrogens with one attached hydrogen (secondary N) is 1. The summed E-state index contributed by atoms with van der Waals surface area (Å²) >= 11 is 1.63. The second-order valence-corrected chi connectivity index (χ2v) is 10.1.